The van der Waals surface area contributed by atoms with Gasteiger partial charge in [0.1, 0.15) is 11.8 Å². The van der Waals surface area contributed by atoms with Crippen LogP contribution in [0.3, 0.4) is 0 Å². The van der Waals surface area contributed by atoms with Gasteiger partial charge in [-0.25, -0.2) is 0 Å². The molecule has 28 heavy (non-hydrogen) atoms. The first kappa shape index (κ1) is 22.2. The lowest BCUT2D eigenvalue weighted by Gasteiger charge is -2.28. The molecule has 0 bridgehead atoms. The van der Waals surface area contributed by atoms with Crippen LogP contribution < -0.4 is 10.1 Å². The van der Waals surface area contributed by atoms with Crippen molar-refractivity contribution in [3.05, 3.63) is 63.6 Å². The largest absolute Gasteiger partial charge is 0.494 e. The Balaban J connectivity index is 1.94. The Morgan fingerprint density at radius 1 is 1.14 bits per heavy atom. The van der Waals surface area contributed by atoms with Crippen molar-refractivity contribution in [1.29, 1.82) is 0 Å². The molecule has 1 N–H and O–H groups in total. The van der Waals surface area contributed by atoms with Crippen molar-refractivity contribution in [3.63, 3.8) is 0 Å². The zero-order chi connectivity index (χ0) is 20.5. The van der Waals surface area contributed by atoms with Crippen molar-refractivity contribution in [2.45, 2.75) is 32.4 Å². The normalized spacial score (nSPS) is 11.6. The molecule has 1 atom stereocenters. The van der Waals surface area contributed by atoms with Gasteiger partial charge in [-0.3, -0.25) is 9.59 Å². The topological polar surface area (TPSA) is 58.6 Å². The number of amides is 2. The minimum absolute atomic E-state index is 0.0845. The van der Waals surface area contributed by atoms with Gasteiger partial charge < -0.3 is 15.0 Å². The summed E-state index contributed by atoms with van der Waals surface area (Å²) in [7, 11) is 1.57. The van der Waals surface area contributed by atoms with Gasteiger partial charge in [-0.15, -0.1) is 0 Å². The molecule has 0 aromatic heterocycles. The van der Waals surface area contributed by atoms with Gasteiger partial charge in [0.15, 0.2) is 0 Å². The van der Waals surface area contributed by atoms with E-state index >= 15 is 0 Å². The van der Waals surface area contributed by atoms with E-state index in [-0.39, 0.29) is 11.8 Å². The molecule has 2 aromatic rings. The quantitative estimate of drug-likeness (QED) is 0.555. The average molecular weight is 468 g/mol. The standard InChI is InChI=1S/C21H24BrClN2O3/c1-15(21(27)24-2)25(14-16-5-7-17(22)8-6-16)20(26)4-3-13-28-19-11-9-18(23)10-12-19/h5-12,15H,3-4,13-14H2,1-2H3,(H,24,27)/t15-/m0/s1. The summed E-state index contributed by atoms with van der Waals surface area (Å²) in [5.74, 6) is 0.434. The number of carbonyl (C=O) groups excluding carboxylic acids is 2. The highest BCUT2D eigenvalue weighted by molar-refractivity contribution is 9.10. The molecule has 150 valence electrons. The molecule has 0 aliphatic rings. The maximum atomic E-state index is 12.8. The van der Waals surface area contributed by atoms with E-state index in [0.29, 0.717) is 36.8 Å². The number of halogens is 2. The van der Waals surface area contributed by atoms with Crippen molar-refractivity contribution in [2.75, 3.05) is 13.7 Å². The second-order valence-corrected chi connectivity index (χ2v) is 7.70. The second-order valence-electron chi connectivity index (χ2n) is 6.34. The van der Waals surface area contributed by atoms with E-state index in [2.05, 4.69) is 21.2 Å². The molecule has 0 aliphatic carbocycles. The van der Waals surface area contributed by atoms with Crippen LogP contribution in [0.5, 0.6) is 5.75 Å². The molecule has 7 heteroatoms. The van der Waals surface area contributed by atoms with Gasteiger partial charge in [0.2, 0.25) is 11.8 Å². The van der Waals surface area contributed by atoms with E-state index in [0.717, 1.165) is 10.0 Å². The second kappa shape index (κ2) is 11.1. The summed E-state index contributed by atoms with van der Waals surface area (Å²) < 4.78 is 6.60. The lowest BCUT2D eigenvalue weighted by molar-refractivity contribution is -0.140. The van der Waals surface area contributed by atoms with Gasteiger partial charge in [-0.1, -0.05) is 39.7 Å². The summed E-state index contributed by atoms with van der Waals surface area (Å²) >= 11 is 9.25. The van der Waals surface area contributed by atoms with Crippen LogP contribution in [0.2, 0.25) is 5.02 Å². The predicted molar refractivity (Wildman–Crippen MR) is 114 cm³/mol. The number of carbonyl (C=O) groups is 2. The molecule has 2 aromatic carbocycles. The summed E-state index contributed by atoms with van der Waals surface area (Å²) in [5.41, 5.74) is 0.963. The van der Waals surface area contributed by atoms with Gasteiger partial charge >= 0.3 is 0 Å². The fraction of sp³-hybridized carbons (Fsp3) is 0.333. The van der Waals surface area contributed by atoms with Crippen LogP contribution in [-0.4, -0.2) is 36.4 Å². The molecular formula is C21H24BrClN2O3. The van der Waals surface area contributed by atoms with E-state index in [1.165, 1.54) is 0 Å². The highest BCUT2D eigenvalue weighted by Gasteiger charge is 2.25. The molecule has 2 rings (SSSR count). The Kier molecular flexibility index (Phi) is 8.80. The van der Waals surface area contributed by atoms with E-state index < -0.39 is 6.04 Å². The van der Waals surface area contributed by atoms with Gasteiger partial charge in [0, 0.05) is 29.5 Å². The van der Waals surface area contributed by atoms with Gasteiger partial charge in [0.25, 0.3) is 0 Å². The molecule has 5 nitrogen and oxygen atoms in total. The van der Waals surface area contributed by atoms with Crippen LogP contribution >= 0.6 is 27.5 Å². The molecule has 0 saturated carbocycles. The SMILES string of the molecule is CNC(=O)[C@H](C)N(Cc1ccc(Br)cc1)C(=O)CCCOc1ccc(Cl)cc1. The third-order valence-electron chi connectivity index (χ3n) is 4.30. The van der Waals surface area contributed by atoms with Crippen LogP contribution in [0.1, 0.15) is 25.3 Å². The summed E-state index contributed by atoms with van der Waals surface area (Å²) in [6.07, 6.45) is 0.851. The minimum atomic E-state index is -0.557. The Hall–Kier alpha value is -2.05. The Bertz CT molecular complexity index is 781. The predicted octanol–water partition coefficient (Wildman–Crippen LogP) is 4.42. The van der Waals surface area contributed by atoms with Gasteiger partial charge in [-0.05, 0) is 55.3 Å². The van der Waals surface area contributed by atoms with Crippen molar-refractivity contribution in [2.24, 2.45) is 0 Å². The fourth-order valence-electron chi connectivity index (χ4n) is 2.67. The molecule has 0 radical (unpaired) electrons. The Morgan fingerprint density at radius 3 is 2.39 bits per heavy atom. The van der Waals surface area contributed by atoms with Crippen LogP contribution in [0.4, 0.5) is 0 Å². The molecule has 0 saturated heterocycles. The molecule has 2 amide bonds. The molecule has 0 unspecified atom stereocenters. The molecule has 0 spiro atoms. The highest BCUT2D eigenvalue weighted by atomic mass is 79.9. The maximum Gasteiger partial charge on any atom is 0.242 e. The van der Waals surface area contributed by atoms with Crippen molar-refractivity contribution < 1.29 is 14.3 Å². The van der Waals surface area contributed by atoms with Crippen LogP contribution in [0.25, 0.3) is 0 Å². The fourth-order valence-corrected chi connectivity index (χ4v) is 3.06. The van der Waals surface area contributed by atoms with E-state index in [9.17, 15) is 9.59 Å². The number of likely N-dealkylation sites (N-methyl/N-ethyl adjacent to an activating group) is 1. The number of nitrogens with zero attached hydrogens (tertiary/aromatic N) is 1. The lowest BCUT2D eigenvalue weighted by Crippen LogP contribution is -2.46. The number of hydrogen-bond acceptors (Lipinski definition) is 3. The van der Waals surface area contributed by atoms with Crippen molar-refractivity contribution >= 4 is 39.3 Å². The van der Waals surface area contributed by atoms with E-state index in [4.69, 9.17) is 16.3 Å². The number of ether oxygens (including phenoxy) is 1. The molecule has 0 heterocycles. The van der Waals surface area contributed by atoms with Gasteiger partial charge in [-0.2, -0.15) is 0 Å². The lowest BCUT2D eigenvalue weighted by atomic mass is 10.1. The summed E-state index contributed by atoms with van der Waals surface area (Å²) in [4.78, 5) is 26.5. The summed E-state index contributed by atoms with van der Waals surface area (Å²) in [6, 6.07) is 14.2. The summed E-state index contributed by atoms with van der Waals surface area (Å²) in [6.45, 7) is 2.52. The molecule has 0 aliphatic heterocycles. The first-order chi connectivity index (χ1) is 13.4. The number of rotatable bonds is 9. The average Bonchev–Trinajstić information content (AvgIpc) is 2.70. The van der Waals surface area contributed by atoms with Gasteiger partial charge in [0.05, 0.1) is 6.61 Å². The smallest absolute Gasteiger partial charge is 0.242 e. The molecular weight excluding hydrogens is 444 g/mol. The van der Waals surface area contributed by atoms with E-state index in [1.807, 2.05) is 24.3 Å². The number of benzene rings is 2. The van der Waals surface area contributed by atoms with Crippen LogP contribution in [0.15, 0.2) is 53.0 Å². The zero-order valence-corrected chi connectivity index (χ0v) is 18.3. The monoisotopic (exact) mass is 466 g/mol. The third-order valence-corrected chi connectivity index (χ3v) is 5.08. The maximum absolute atomic E-state index is 12.8. The number of hydrogen-bond donors (Lipinski definition) is 1. The van der Waals surface area contributed by atoms with E-state index in [1.54, 1.807) is 43.1 Å². The van der Waals surface area contributed by atoms with Crippen molar-refractivity contribution in [1.82, 2.24) is 10.2 Å². The Morgan fingerprint density at radius 2 is 1.79 bits per heavy atom. The van der Waals surface area contributed by atoms with Crippen LogP contribution in [-0.2, 0) is 16.1 Å². The minimum Gasteiger partial charge on any atom is -0.494 e. The number of nitrogens with one attached hydrogen (secondary N) is 1. The summed E-state index contributed by atoms with van der Waals surface area (Å²) in [5, 5.41) is 3.26. The first-order valence-corrected chi connectivity index (χ1v) is 10.2. The Labute approximate surface area is 179 Å². The third kappa shape index (κ3) is 6.84. The zero-order valence-electron chi connectivity index (χ0n) is 16.0. The highest BCUT2D eigenvalue weighted by Crippen LogP contribution is 2.17. The first-order valence-electron chi connectivity index (χ1n) is 9.04. The van der Waals surface area contributed by atoms with Crippen LogP contribution in [0, 0.1) is 0 Å². The molecule has 0 fully saturated rings. The van der Waals surface area contributed by atoms with Crippen molar-refractivity contribution in [3.8, 4) is 5.75 Å².